The topological polar surface area (TPSA) is 260 Å². The normalized spacial score (nSPS) is 11.5. The Bertz CT molecular complexity index is 2350. The molecule has 0 bridgehead atoms. The van der Waals surface area contributed by atoms with Crippen molar-refractivity contribution in [3.63, 3.8) is 0 Å². The van der Waals surface area contributed by atoms with Crippen molar-refractivity contribution < 1.29 is 63.3 Å². The maximum Gasteiger partial charge on any atom is 0.573 e. The van der Waals surface area contributed by atoms with E-state index in [-0.39, 0.29) is 28.9 Å². The van der Waals surface area contributed by atoms with Gasteiger partial charge in [-0.15, -0.1) is 32.7 Å². The highest BCUT2D eigenvalue weighted by molar-refractivity contribution is 7.90. The molecule has 0 fully saturated rings. The second kappa shape index (κ2) is 16.4. The first-order valence-electron chi connectivity index (χ1n) is 14.3. The van der Waals surface area contributed by atoms with Gasteiger partial charge >= 0.3 is 47.8 Å². The molecule has 2 heterocycles. The molecule has 2 amide bonds. The summed E-state index contributed by atoms with van der Waals surface area (Å²) >= 11 is 0. The quantitative estimate of drug-likeness (QED) is 0.208. The lowest BCUT2D eigenvalue weighted by molar-refractivity contribution is -0.275. The Morgan fingerprint density at radius 3 is 1.74 bits per heavy atom. The molecule has 2 aromatic carbocycles. The van der Waals surface area contributed by atoms with E-state index in [0.717, 1.165) is 53.7 Å². The monoisotopic (exact) mass is 794 g/mol. The average molecular weight is 795 g/mol. The van der Waals surface area contributed by atoms with Crippen molar-refractivity contribution >= 4 is 38.1 Å². The van der Waals surface area contributed by atoms with Crippen LogP contribution in [0.3, 0.4) is 0 Å². The fourth-order valence-corrected chi connectivity index (χ4v) is 6.07. The van der Waals surface area contributed by atoms with E-state index in [9.17, 15) is 54.0 Å². The number of ether oxygens (including phenoxy) is 4. The lowest BCUT2D eigenvalue weighted by Gasteiger charge is -2.13. The highest BCUT2D eigenvalue weighted by Gasteiger charge is 2.35. The van der Waals surface area contributed by atoms with Crippen molar-refractivity contribution in [1.29, 1.82) is 0 Å². The maximum absolute atomic E-state index is 12.5. The van der Waals surface area contributed by atoms with Crippen LogP contribution in [-0.2, 0) is 38.9 Å². The van der Waals surface area contributed by atoms with Crippen LogP contribution in [0, 0.1) is 0 Å². The number of alkyl halides is 3. The zero-order valence-electron chi connectivity index (χ0n) is 28.0. The first-order chi connectivity index (χ1) is 24.7. The van der Waals surface area contributed by atoms with Gasteiger partial charge in [0.05, 0.1) is 26.4 Å². The Morgan fingerprint density at radius 1 is 0.774 bits per heavy atom. The molecular formula is C27H29F3N8O13S2. The first kappa shape index (κ1) is 41.2. The van der Waals surface area contributed by atoms with E-state index >= 15 is 0 Å². The van der Waals surface area contributed by atoms with Gasteiger partial charge in [0, 0.05) is 14.1 Å². The molecule has 53 heavy (non-hydrogen) atoms. The van der Waals surface area contributed by atoms with E-state index in [0.29, 0.717) is 11.1 Å². The van der Waals surface area contributed by atoms with E-state index in [4.69, 9.17) is 9.47 Å². The molecule has 4 aromatic rings. The molecule has 26 heteroatoms. The summed E-state index contributed by atoms with van der Waals surface area (Å²) in [6, 6.07) is 5.68. The Kier molecular flexibility index (Phi) is 12.8. The molecule has 0 spiro atoms. The molecule has 2 N–H and O–H groups in total. The van der Waals surface area contributed by atoms with Gasteiger partial charge in [-0.05, 0) is 30.7 Å². The van der Waals surface area contributed by atoms with Crippen molar-refractivity contribution in [1.82, 2.24) is 38.1 Å². The van der Waals surface area contributed by atoms with Gasteiger partial charge in [-0.1, -0.05) is 31.2 Å². The summed E-state index contributed by atoms with van der Waals surface area (Å²) in [5.74, 6) is -1.94. The van der Waals surface area contributed by atoms with Crippen LogP contribution in [-0.4, -0.2) is 90.8 Å². The van der Waals surface area contributed by atoms with Gasteiger partial charge in [0.2, 0.25) is 0 Å². The molecule has 0 atom stereocenters. The summed E-state index contributed by atoms with van der Waals surface area (Å²) in [6.07, 6.45) is -4.51. The molecule has 0 aliphatic heterocycles. The Morgan fingerprint density at radius 2 is 1.25 bits per heavy atom. The van der Waals surface area contributed by atoms with E-state index in [2.05, 4.69) is 19.7 Å². The number of esters is 1. The summed E-state index contributed by atoms with van der Waals surface area (Å²) in [5.41, 5.74) is -2.19. The standard InChI is InChI=1S/C15H18N4O7S.C12H11F3N4O6S/c1-4-9-26-14-16-19(15(22)18(14)2)13(21)17-27(23,24)11-8-6-5-7-10(11)12(20)25-3;1-18-10(24-2)16-19(11(18)21)9(20)17-26(22,23)8-6-4-3-5-7(8)25-12(13,14)15/h5-8H,4,9H2,1-3H3,(H,17,21);3-6H,1-2H3,(H,17,20). The highest BCUT2D eigenvalue weighted by atomic mass is 32.2. The smallest absolute Gasteiger partial charge is 0.467 e. The van der Waals surface area contributed by atoms with Gasteiger partial charge in [-0.3, -0.25) is 0 Å². The minimum atomic E-state index is -5.15. The van der Waals surface area contributed by atoms with Crippen LogP contribution >= 0.6 is 0 Å². The van der Waals surface area contributed by atoms with Crippen LogP contribution in [0.15, 0.2) is 67.9 Å². The van der Waals surface area contributed by atoms with Gasteiger partial charge in [-0.25, -0.2) is 59.4 Å². The summed E-state index contributed by atoms with van der Waals surface area (Å²) in [7, 11) is -4.51. The zero-order chi connectivity index (χ0) is 39.9. The third-order valence-corrected chi connectivity index (χ3v) is 9.01. The van der Waals surface area contributed by atoms with Crippen LogP contribution in [0.4, 0.5) is 22.8 Å². The second-order valence-corrected chi connectivity index (χ2v) is 13.2. The molecule has 2 aromatic heterocycles. The van der Waals surface area contributed by atoms with Crippen molar-refractivity contribution in [2.24, 2.45) is 14.1 Å². The van der Waals surface area contributed by atoms with Crippen molar-refractivity contribution in [3.05, 3.63) is 75.1 Å². The van der Waals surface area contributed by atoms with Crippen LogP contribution in [0.1, 0.15) is 23.7 Å². The number of nitrogens with one attached hydrogen (secondary N) is 2. The van der Waals surface area contributed by atoms with E-state index in [1.54, 1.807) is 4.72 Å². The Labute approximate surface area is 296 Å². The number of carbonyl (C=O) groups is 3. The van der Waals surface area contributed by atoms with Crippen LogP contribution in [0.25, 0.3) is 0 Å². The molecule has 0 saturated heterocycles. The highest BCUT2D eigenvalue weighted by Crippen LogP contribution is 2.29. The SMILES string of the molecule is CCCOc1nn(C(=O)NS(=O)(=O)c2ccccc2C(=O)OC)c(=O)n1C.COc1nn(C(=O)NS(=O)(=O)c2ccccc2OC(F)(F)F)c(=O)n1C. The lowest BCUT2D eigenvalue weighted by Crippen LogP contribution is -2.40. The van der Waals surface area contributed by atoms with Gasteiger partial charge in [0.1, 0.15) is 15.5 Å². The van der Waals surface area contributed by atoms with Crippen molar-refractivity contribution in [2.75, 3.05) is 20.8 Å². The number of rotatable bonds is 10. The molecule has 0 unspecified atom stereocenters. The van der Waals surface area contributed by atoms with Gasteiger partial charge in [0.25, 0.3) is 20.0 Å². The summed E-state index contributed by atoms with van der Waals surface area (Å²) in [6.45, 7) is 2.10. The predicted octanol–water partition coefficient (Wildman–Crippen LogP) is 0.539. The molecule has 0 saturated carbocycles. The Balaban J connectivity index is 0.000000286. The van der Waals surface area contributed by atoms with E-state index in [1.807, 2.05) is 6.92 Å². The number of methoxy groups -OCH3 is 2. The number of aromatic nitrogens is 6. The number of carbonyl (C=O) groups excluding carboxylic acids is 3. The molecule has 0 aliphatic rings. The third-order valence-electron chi connectivity index (χ3n) is 6.27. The summed E-state index contributed by atoms with van der Waals surface area (Å²) < 4.78 is 110. The van der Waals surface area contributed by atoms with Crippen LogP contribution in [0.2, 0.25) is 0 Å². The minimum Gasteiger partial charge on any atom is -0.467 e. The lowest BCUT2D eigenvalue weighted by atomic mass is 10.2. The maximum atomic E-state index is 12.5. The summed E-state index contributed by atoms with van der Waals surface area (Å²) in [5, 5.41) is 7.12. The largest absolute Gasteiger partial charge is 0.573 e. The third kappa shape index (κ3) is 9.79. The van der Waals surface area contributed by atoms with E-state index < -0.39 is 71.4 Å². The second-order valence-electron chi connectivity index (χ2n) is 9.93. The molecular weight excluding hydrogens is 765 g/mol. The van der Waals surface area contributed by atoms with Crippen LogP contribution in [0.5, 0.6) is 17.8 Å². The number of nitrogens with zero attached hydrogens (tertiary/aromatic N) is 6. The van der Waals surface area contributed by atoms with Crippen molar-refractivity contribution in [2.45, 2.75) is 29.5 Å². The minimum absolute atomic E-state index is 0.135. The predicted molar refractivity (Wildman–Crippen MR) is 170 cm³/mol. The number of halogens is 3. The van der Waals surface area contributed by atoms with Crippen molar-refractivity contribution in [3.8, 4) is 17.8 Å². The fraction of sp³-hybridized carbons (Fsp3) is 0.296. The molecule has 288 valence electrons. The van der Waals surface area contributed by atoms with Crippen LogP contribution < -0.4 is 35.0 Å². The number of hydrogen-bond donors (Lipinski definition) is 2. The number of benzene rings is 2. The average Bonchev–Trinajstić information content (AvgIpc) is 3.55. The Hall–Kier alpha value is -6.18. The number of hydrogen-bond acceptors (Lipinski definition) is 15. The van der Waals surface area contributed by atoms with E-state index in [1.165, 1.54) is 37.0 Å². The van der Waals surface area contributed by atoms with Gasteiger partial charge < -0.3 is 18.9 Å². The number of amides is 2. The fourth-order valence-electron chi connectivity index (χ4n) is 3.89. The molecule has 4 rings (SSSR count). The summed E-state index contributed by atoms with van der Waals surface area (Å²) in [4.78, 5) is 58.5. The molecule has 21 nitrogen and oxygen atoms in total. The number of para-hydroxylation sites is 1. The van der Waals surface area contributed by atoms with Gasteiger partial charge in [-0.2, -0.15) is 0 Å². The molecule has 0 radical (unpaired) electrons. The van der Waals surface area contributed by atoms with Gasteiger partial charge in [0.15, 0.2) is 0 Å². The first-order valence-corrected chi connectivity index (χ1v) is 17.3. The molecule has 0 aliphatic carbocycles. The zero-order valence-corrected chi connectivity index (χ0v) is 29.6. The number of sulfonamides is 2.